The highest BCUT2D eigenvalue weighted by Gasteiger charge is 2.20. The molecule has 1 aliphatic heterocycles. The molecule has 1 atom stereocenters. The minimum absolute atomic E-state index is 0.260. The first kappa shape index (κ1) is 13.1. The highest BCUT2D eigenvalue weighted by Crippen LogP contribution is 2.22. The van der Waals surface area contributed by atoms with Gasteiger partial charge in [0.1, 0.15) is 0 Å². The molecule has 0 amide bonds. The van der Waals surface area contributed by atoms with Crippen LogP contribution in [0.4, 0.5) is 5.82 Å². The third kappa shape index (κ3) is 2.51. The first-order valence-corrected chi connectivity index (χ1v) is 7.05. The Hall–Kier alpha value is -1.94. The normalized spacial score (nSPS) is 18.6. The average Bonchev–Trinajstić information content (AvgIpc) is 2.89. The van der Waals surface area contributed by atoms with Crippen molar-refractivity contribution in [1.82, 2.24) is 10.2 Å². The second-order valence-electron chi connectivity index (χ2n) is 5.57. The molecule has 4 nitrogen and oxygen atoms in total. The van der Waals surface area contributed by atoms with Crippen molar-refractivity contribution in [3.05, 3.63) is 41.5 Å². The molecule has 2 heterocycles. The molecule has 0 bridgehead atoms. The molecule has 0 aliphatic carbocycles. The van der Waals surface area contributed by atoms with Crippen LogP contribution in [-0.4, -0.2) is 29.3 Å². The van der Waals surface area contributed by atoms with Gasteiger partial charge >= 0.3 is 0 Å². The van der Waals surface area contributed by atoms with E-state index >= 15 is 0 Å². The number of aromatic nitrogens is 2. The van der Waals surface area contributed by atoms with Crippen molar-refractivity contribution >= 4 is 5.82 Å². The van der Waals surface area contributed by atoms with E-state index in [-0.39, 0.29) is 6.04 Å². The lowest BCUT2D eigenvalue weighted by atomic mass is 10.0. The predicted octanol–water partition coefficient (Wildman–Crippen LogP) is 2.30. The van der Waals surface area contributed by atoms with Crippen LogP contribution in [0.25, 0.3) is 11.3 Å². The van der Waals surface area contributed by atoms with E-state index in [2.05, 4.69) is 47.1 Å². The van der Waals surface area contributed by atoms with Crippen molar-refractivity contribution in [2.24, 2.45) is 5.73 Å². The Kier molecular flexibility index (Phi) is 3.40. The molecule has 1 aromatic carbocycles. The SMILES string of the molecule is Cc1ccc(-c2ccc(N3CCC(N)C3)nn2)cc1C. The first-order valence-electron chi connectivity index (χ1n) is 7.05. The number of hydrogen-bond donors (Lipinski definition) is 1. The monoisotopic (exact) mass is 268 g/mol. The van der Waals surface area contributed by atoms with Gasteiger partial charge in [0.2, 0.25) is 0 Å². The average molecular weight is 268 g/mol. The minimum atomic E-state index is 0.260. The Morgan fingerprint density at radius 2 is 1.95 bits per heavy atom. The van der Waals surface area contributed by atoms with Gasteiger partial charge < -0.3 is 10.6 Å². The fourth-order valence-electron chi connectivity index (χ4n) is 2.54. The molecule has 0 spiro atoms. The molecule has 3 rings (SSSR count). The molecular formula is C16H20N4. The maximum atomic E-state index is 5.92. The zero-order valence-corrected chi connectivity index (χ0v) is 12.0. The lowest BCUT2D eigenvalue weighted by Crippen LogP contribution is -2.27. The van der Waals surface area contributed by atoms with Crippen LogP contribution >= 0.6 is 0 Å². The predicted molar refractivity (Wildman–Crippen MR) is 81.7 cm³/mol. The molecule has 4 heteroatoms. The summed E-state index contributed by atoms with van der Waals surface area (Å²) < 4.78 is 0. The van der Waals surface area contributed by atoms with Crippen molar-refractivity contribution in [1.29, 1.82) is 0 Å². The fourth-order valence-corrected chi connectivity index (χ4v) is 2.54. The Morgan fingerprint density at radius 3 is 2.55 bits per heavy atom. The second-order valence-corrected chi connectivity index (χ2v) is 5.57. The topological polar surface area (TPSA) is 55.0 Å². The molecule has 1 unspecified atom stereocenters. The third-order valence-electron chi connectivity index (χ3n) is 4.00. The van der Waals surface area contributed by atoms with Crippen LogP contribution in [0.1, 0.15) is 17.5 Å². The van der Waals surface area contributed by atoms with Crippen LogP contribution in [0.2, 0.25) is 0 Å². The molecule has 0 radical (unpaired) electrons. The summed E-state index contributed by atoms with van der Waals surface area (Å²) >= 11 is 0. The highest BCUT2D eigenvalue weighted by atomic mass is 15.3. The smallest absolute Gasteiger partial charge is 0.151 e. The summed E-state index contributed by atoms with van der Waals surface area (Å²) in [5.41, 5.74) is 10.5. The third-order valence-corrected chi connectivity index (χ3v) is 4.00. The summed E-state index contributed by atoms with van der Waals surface area (Å²) in [4.78, 5) is 2.20. The van der Waals surface area contributed by atoms with Crippen LogP contribution in [0, 0.1) is 13.8 Å². The zero-order chi connectivity index (χ0) is 14.1. The van der Waals surface area contributed by atoms with Gasteiger partial charge in [0, 0.05) is 24.7 Å². The Labute approximate surface area is 119 Å². The number of rotatable bonds is 2. The van der Waals surface area contributed by atoms with E-state index in [0.29, 0.717) is 0 Å². The summed E-state index contributed by atoms with van der Waals surface area (Å²) in [7, 11) is 0. The number of hydrogen-bond acceptors (Lipinski definition) is 4. The van der Waals surface area contributed by atoms with E-state index in [1.165, 1.54) is 11.1 Å². The Bertz CT molecular complexity index is 606. The van der Waals surface area contributed by atoms with Gasteiger partial charge in [-0.15, -0.1) is 10.2 Å². The molecule has 1 fully saturated rings. The van der Waals surface area contributed by atoms with Gasteiger partial charge in [-0.05, 0) is 49.6 Å². The largest absolute Gasteiger partial charge is 0.354 e. The molecule has 1 aliphatic rings. The zero-order valence-electron chi connectivity index (χ0n) is 12.0. The van der Waals surface area contributed by atoms with Crippen molar-refractivity contribution in [3.63, 3.8) is 0 Å². The molecule has 20 heavy (non-hydrogen) atoms. The first-order chi connectivity index (χ1) is 9.63. The van der Waals surface area contributed by atoms with E-state index in [4.69, 9.17) is 5.73 Å². The van der Waals surface area contributed by atoms with Crippen LogP contribution in [-0.2, 0) is 0 Å². The summed E-state index contributed by atoms with van der Waals surface area (Å²) in [5.74, 6) is 0.922. The van der Waals surface area contributed by atoms with Gasteiger partial charge in [-0.1, -0.05) is 12.1 Å². The summed E-state index contributed by atoms with van der Waals surface area (Å²) in [6, 6.07) is 10.7. The minimum Gasteiger partial charge on any atom is -0.354 e. The molecule has 2 N–H and O–H groups in total. The lowest BCUT2D eigenvalue weighted by Gasteiger charge is -2.16. The Morgan fingerprint density at radius 1 is 1.10 bits per heavy atom. The van der Waals surface area contributed by atoms with Crippen molar-refractivity contribution in [3.8, 4) is 11.3 Å². The van der Waals surface area contributed by atoms with Crippen LogP contribution in [0.5, 0.6) is 0 Å². The fraction of sp³-hybridized carbons (Fsp3) is 0.375. The van der Waals surface area contributed by atoms with Gasteiger partial charge in [-0.25, -0.2) is 0 Å². The number of aryl methyl sites for hydroxylation is 2. The molecule has 1 saturated heterocycles. The summed E-state index contributed by atoms with van der Waals surface area (Å²) in [5, 5.41) is 8.70. The van der Waals surface area contributed by atoms with E-state index in [9.17, 15) is 0 Å². The van der Waals surface area contributed by atoms with E-state index in [1.54, 1.807) is 0 Å². The molecule has 104 valence electrons. The van der Waals surface area contributed by atoms with Crippen molar-refractivity contribution in [2.45, 2.75) is 26.3 Å². The number of nitrogens with two attached hydrogens (primary N) is 1. The van der Waals surface area contributed by atoms with Gasteiger partial charge in [-0.2, -0.15) is 0 Å². The van der Waals surface area contributed by atoms with Crippen molar-refractivity contribution < 1.29 is 0 Å². The van der Waals surface area contributed by atoms with Crippen LogP contribution < -0.4 is 10.6 Å². The number of benzene rings is 1. The van der Waals surface area contributed by atoms with Gasteiger partial charge in [0.25, 0.3) is 0 Å². The summed E-state index contributed by atoms with van der Waals surface area (Å²) in [6.07, 6.45) is 1.03. The maximum Gasteiger partial charge on any atom is 0.151 e. The standard InChI is InChI=1S/C16H20N4/c1-11-3-4-13(9-12(11)2)15-5-6-16(19-18-15)20-8-7-14(17)10-20/h3-6,9,14H,7-8,10,17H2,1-2H3. The van der Waals surface area contributed by atoms with Gasteiger partial charge in [-0.3, -0.25) is 0 Å². The summed E-state index contributed by atoms with van der Waals surface area (Å²) in [6.45, 7) is 6.08. The van der Waals surface area contributed by atoms with E-state index in [1.807, 2.05) is 12.1 Å². The van der Waals surface area contributed by atoms with E-state index in [0.717, 1.165) is 36.6 Å². The van der Waals surface area contributed by atoms with Crippen LogP contribution in [0.15, 0.2) is 30.3 Å². The lowest BCUT2D eigenvalue weighted by molar-refractivity contribution is 0.750. The maximum absolute atomic E-state index is 5.92. The van der Waals surface area contributed by atoms with Gasteiger partial charge in [0.05, 0.1) is 5.69 Å². The van der Waals surface area contributed by atoms with Crippen molar-refractivity contribution in [2.75, 3.05) is 18.0 Å². The molecule has 1 aromatic heterocycles. The van der Waals surface area contributed by atoms with Gasteiger partial charge in [0.15, 0.2) is 5.82 Å². The highest BCUT2D eigenvalue weighted by molar-refractivity contribution is 5.61. The van der Waals surface area contributed by atoms with Crippen LogP contribution in [0.3, 0.4) is 0 Å². The molecular weight excluding hydrogens is 248 g/mol. The quantitative estimate of drug-likeness (QED) is 0.908. The molecule has 0 saturated carbocycles. The second kappa shape index (κ2) is 5.21. The molecule has 2 aromatic rings. The number of nitrogens with zero attached hydrogens (tertiary/aromatic N) is 3. The number of anilines is 1. The van der Waals surface area contributed by atoms with E-state index < -0.39 is 0 Å². The Balaban J connectivity index is 1.83.